The van der Waals surface area contributed by atoms with Crippen LogP contribution in [-0.2, 0) is 0 Å². The summed E-state index contributed by atoms with van der Waals surface area (Å²) in [5, 5.41) is 14.3. The van der Waals surface area contributed by atoms with E-state index in [1.165, 1.54) is 0 Å². The molecule has 3 amide bonds. The molecule has 0 saturated heterocycles. The van der Waals surface area contributed by atoms with Crippen molar-refractivity contribution >= 4 is 23.4 Å². The molecular weight excluding hydrogens is 314 g/mol. The molecule has 0 spiro atoms. The number of halogens is 2. The van der Waals surface area contributed by atoms with Crippen LogP contribution in [0.2, 0.25) is 0 Å². The Bertz CT molecular complexity index is 760. The van der Waals surface area contributed by atoms with Crippen LogP contribution in [0.3, 0.4) is 0 Å². The van der Waals surface area contributed by atoms with Crippen LogP contribution in [0.4, 0.5) is 25.1 Å². The summed E-state index contributed by atoms with van der Waals surface area (Å²) in [5.74, 6) is -3.61. The van der Waals surface area contributed by atoms with Crippen molar-refractivity contribution in [2.45, 2.75) is 0 Å². The second kappa shape index (κ2) is 6.56. The summed E-state index contributed by atoms with van der Waals surface area (Å²) >= 11 is 0. The molecule has 0 atom stereocenters. The molecule has 1 heterocycles. The van der Waals surface area contributed by atoms with E-state index < -0.39 is 34.1 Å². The van der Waals surface area contributed by atoms with Gasteiger partial charge in [-0.05, 0) is 18.2 Å². The maximum Gasteiger partial charge on any atom is 0.327 e. The molecule has 1 aromatic carbocycles. The standard InChI is InChI=1S/C13H8F2N4O4/c14-8-2-1-3-9(15)11(8)12(20)18-13(21)17-10-5-4-7(6-16-10)19(22)23/h1-6H,(H2,16,17,18,20,21). The van der Waals surface area contributed by atoms with Crippen LogP contribution in [0.15, 0.2) is 36.5 Å². The van der Waals surface area contributed by atoms with Gasteiger partial charge in [0.1, 0.15) is 29.2 Å². The van der Waals surface area contributed by atoms with Gasteiger partial charge in [-0.1, -0.05) is 6.07 Å². The lowest BCUT2D eigenvalue weighted by Gasteiger charge is -2.07. The lowest BCUT2D eigenvalue weighted by molar-refractivity contribution is -0.385. The van der Waals surface area contributed by atoms with Crippen molar-refractivity contribution in [1.82, 2.24) is 10.3 Å². The van der Waals surface area contributed by atoms with Gasteiger partial charge >= 0.3 is 6.03 Å². The molecule has 0 aliphatic rings. The fourth-order valence-corrected chi connectivity index (χ4v) is 1.60. The number of urea groups is 1. The Morgan fingerprint density at radius 2 is 1.78 bits per heavy atom. The Morgan fingerprint density at radius 3 is 2.30 bits per heavy atom. The minimum atomic E-state index is -1.28. The van der Waals surface area contributed by atoms with Crippen LogP contribution >= 0.6 is 0 Å². The van der Waals surface area contributed by atoms with Crippen molar-refractivity contribution in [3.8, 4) is 0 Å². The molecule has 2 N–H and O–H groups in total. The third-order valence-electron chi connectivity index (χ3n) is 2.62. The molecule has 0 bridgehead atoms. The van der Waals surface area contributed by atoms with Gasteiger partial charge in [-0.15, -0.1) is 0 Å². The molecule has 0 radical (unpaired) electrons. The molecule has 2 aromatic rings. The second-order valence-electron chi connectivity index (χ2n) is 4.16. The number of carbonyl (C=O) groups is 2. The summed E-state index contributed by atoms with van der Waals surface area (Å²) in [5.41, 5.74) is -1.19. The number of carbonyl (C=O) groups excluding carboxylic acids is 2. The molecule has 0 fully saturated rings. The number of amides is 3. The van der Waals surface area contributed by atoms with Gasteiger partial charge < -0.3 is 0 Å². The van der Waals surface area contributed by atoms with Crippen molar-refractivity contribution in [3.05, 3.63) is 63.8 Å². The SMILES string of the molecule is O=C(NC(=O)c1c(F)cccc1F)Nc1ccc([N+](=O)[O-])cn1. The summed E-state index contributed by atoms with van der Waals surface area (Å²) in [6.45, 7) is 0. The number of aromatic nitrogens is 1. The summed E-state index contributed by atoms with van der Waals surface area (Å²) in [7, 11) is 0. The largest absolute Gasteiger partial charge is 0.327 e. The minimum absolute atomic E-state index is 0.0881. The molecule has 0 aliphatic carbocycles. The third-order valence-corrected chi connectivity index (χ3v) is 2.62. The lowest BCUT2D eigenvalue weighted by Crippen LogP contribution is -2.35. The van der Waals surface area contributed by atoms with Crippen molar-refractivity contribution in [2.24, 2.45) is 0 Å². The number of nitro groups is 1. The Morgan fingerprint density at radius 1 is 1.13 bits per heavy atom. The first-order valence-corrected chi connectivity index (χ1v) is 6.05. The molecule has 118 valence electrons. The molecule has 1 aromatic heterocycles. The van der Waals surface area contributed by atoms with E-state index in [2.05, 4.69) is 10.3 Å². The summed E-state index contributed by atoms with van der Waals surface area (Å²) in [4.78, 5) is 36.6. The van der Waals surface area contributed by atoms with E-state index in [-0.39, 0.29) is 11.5 Å². The summed E-state index contributed by atoms with van der Waals surface area (Å²) < 4.78 is 26.8. The average Bonchev–Trinajstić information content (AvgIpc) is 2.47. The van der Waals surface area contributed by atoms with Crippen LogP contribution < -0.4 is 10.6 Å². The van der Waals surface area contributed by atoms with E-state index >= 15 is 0 Å². The van der Waals surface area contributed by atoms with Gasteiger partial charge in [0.2, 0.25) is 0 Å². The van der Waals surface area contributed by atoms with E-state index in [1.807, 2.05) is 0 Å². The molecule has 2 rings (SSSR count). The number of anilines is 1. The van der Waals surface area contributed by atoms with Gasteiger partial charge in [-0.25, -0.2) is 18.6 Å². The Labute approximate surface area is 127 Å². The maximum atomic E-state index is 13.4. The number of hydrogen-bond donors (Lipinski definition) is 2. The van der Waals surface area contributed by atoms with Crippen LogP contribution in [0.25, 0.3) is 0 Å². The number of nitrogens with one attached hydrogen (secondary N) is 2. The summed E-state index contributed by atoms with van der Waals surface area (Å²) in [6, 6.07) is 3.93. The first-order chi connectivity index (χ1) is 10.9. The van der Waals surface area contributed by atoms with Crippen LogP contribution in [0, 0.1) is 21.7 Å². The van der Waals surface area contributed by atoms with Gasteiger partial charge in [0.15, 0.2) is 0 Å². The molecule has 23 heavy (non-hydrogen) atoms. The maximum absolute atomic E-state index is 13.4. The van der Waals surface area contributed by atoms with Gasteiger partial charge in [0.05, 0.1) is 4.92 Å². The molecule has 0 saturated carbocycles. The predicted molar refractivity (Wildman–Crippen MR) is 73.7 cm³/mol. The number of nitrogens with zero attached hydrogens (tertiary/aromatic N) is 2. The minimum Gasteiger partial charge on any atom is -0.292 e. The first-order valence-electron chi connectivity index (χ1n) is 6.05. The number of rotatable bonds is 3. The quantitative estimate of drug-likeness (QED) is 0.664. The molecule has 0 aliphatic heterocycles. The number of pyridine rings is 1. The number of benzene rings is 1. The highest BCUT2D eigenvalue weighted by Gasteiger charge is 2.19. The summed E-state index contributed by atoms with van der Waals surface area (Å²) in [6.07, 6.45) is 0.897. The van der Waals surface area contributed by atoms with Crippen molar-refractivity contribution in [2.75, 3.05) is 5.32 Å². The fraction of sp³-hybridized carbons (Fsp3) is 0. The van der Waals surface area contributed by atoms with Crippen LogP contribution in [0.5, 0.6) is 0 Å². The van der Waals surface area contributed by atoms with Crippen molar-refractivity contribution < 1.29 is 23.3 Å². The topological polar surface area (TPSA) is 114 Å². The smallest absolute Gasteiger partial charge is 0.292 e. The van der Waals surface area contributed by atoms with Crippen molar-refractivity contribution in [3.63, 3.8) is 0 Å². The van der Waals surface area contributed by atoms with Crippen LogP contribution in [-0.4, -0.2) is 21.8 Å². The molecule has 8 nitrogen and oxygen atoms in total. The first kappa shape index (κ1) is 15.9. The van der Waals surface area contributed by atoms with E-state index in [0.717, 1.165) is 36.5 Å². The Balaban J connectivity index is 2.04. The van der Waals surface area contributed by atoms with E-state index in [9.17, 15) is 28.5 Å². The lowest BCUT2D eigenvalue weighted by atomic mass is 10.2. The highest BCUT2D eigenvalue weighted by Crippen LogP contribution is 2.13. The monoisotopic (exact) mass is 322 g/mol. The van der Waals surface area contributed by atoms with Gasteiger partial charge in [0.25, 0.3) is 11.6 Å². The fourth-order valence-electron chi connectivity index (χ4n) is 1.60. The third kappa shape index (κ3) is 3.81. The zero-order valence-electron chi connectivity index (χ0n) is 11.2. The zero-order chi connectivity index (χ0) is 17.0. The second-order valence-corrected chi connectivity index (χ2v) is 4.16. The highest BCUT2D eigenvalue weighted by atomic mass is 19.1. The van der Waals surface area contributed by atoms with Crippen LogP contribution in [0.1, 0.15) is 10.4 Å². The normalized spacial score (nSPS) is 10.0. The van der Waals surface area contributed by atoms with Crippen molar-refractivity contribution in [1.29, 1.82) is 0 Å². The van der Waals surface area contributed by atoms with E-state index in [0.29, 0.717) is 0 Å². The number of imide groups is 1. The number of hydrogen-bond acceptors (Lipinski definition) is 5. The Hall–Kier alpha value is -3.43. The van der Waals surface area contributed by atoms with E-state index in [4.69, 9.17) is 0 Å². The van der Waals surface area contributed by atoms with Gasteiger partial charge in [0, 0.05) is 6.07 Å². The molecule has 0 unspecified atom stereocenters. The van der Waals surface area contributed by atoms with Gasteiger partial charge in [-0.2, -0.15) is 0 Å². The molecule has 10 heteroatoms. The zero-order valence-corrected chi connectivity index (χ0v) is 11.2. The van der Waals surface area contributed by atoms with E-state index in [1.54, 1.807) is 5.32 Å². The predicted octanol–water partition coefficient (Wildman–Crippen LogP) is 2.23. The molecular formula is C13H8F2N4O4. The highest BCUT2D eigenvalue weighted by molar-refractivity contribution is 6.07. The average molecular weight is 322 g/mol. The Kier molecular flexibility index (Phi) is 4.55. The van der Waals surface area contributed by atoms with Gasteiger partial charge in [-0.3, -0.25) is 25.5 Å².